The van der Waals surface area contributed by atoms with Gasteiger partial charge >= 0.3 is 5.97 Å². The van der Waals surface area contributed by atoms with Crippen LogP contribution in [0.1, 0.15) is 40.5 Å². The van der Waals surface area contributed by atoms with E-state index in [4.69, 9.17) is 9.47 Å². The number of carbonyl (C=O) groups excluding carboxylic acids is 4. The molecular formula is C24H25N3O6. The lowest BCUT2D eigenvalue weighted by atomic mass is 10.1. The molecule has 2 aromatic rings. The van der Waals surface area contributed by atoms with Crippen molar-refractivity contribution in [1.29, 1.82) is 0 Å². The van der Waals surface area contributed by atoms with Gasteiger partial charge in [-0.15, -0.1) is 0 Å². The smallest absolute Gasteiger partial charge is 0.338 e. The number of esters is 1. The first-order valence-corrected chi connectivity index (χ1v) is 10.9. The highest BCUT2D eigenvalue weighted by Crippen LogP contribution is 2.33. The lowest BCUT2D eigenvalue weighted by molar-refractivity contribution is -0.123. The molecule has 2 aliphatic heterocycles. The van der Waals surface area contributed by atoms with Gasteiger partial charge in [-0.3, -0.25) is 19.3 Å². The van der Waals surface area contributed by atoms with Gasteiger partial charge < -0.3 is 19.7 Å². The largest absolute Gasteiger partial charge is 0.482 e. The number of fused-ring (bicyclic) bond motifs is 1. The molecule has 0 radical (unpaired) electrons. The summed E-state index contributed by atoms with van der Waals surface area (Å²) in [6.07, 6.45) is 1.95. The monoisotopic (exact) mass is 451 g/mol. The minimum absolute atomic E-state index is 0.103. The van der Waals surface area contributed by atoms with Crippen molar-refractivity contribution in [2.75, 3.05) is 43.1 Å². The van der Waals surface area contributed by atoms with Gasteiger partial charge in [-0.2, -0.15) is 0 Å². The zero-order chi connectivity index (χ0) is 23.4. The maximum atomic E-state index is 12.8. The van der Waals surface area contributed by atoms with Crippen molar-refractivity contribution in [2.45, 2.75) is 19.8 Å². The molecule has 0 saturated carbocycles. The van der Waals surface area contributed by atoms with Crippen molar-refractivity contribution >= 4 is 35.1 Å². The molecule has 0 spiro atoms. The summed E-state index contributed by atoms with van der Waals surface area (Å²) in [4.78, 5) is 53.1. The van der Waals surface area contributed by atoms with E-state index in [0.29, 0.717) is 41.3 Å². The predicted octanol–water partition coefficient (Wildman–Crippen LogP) is 2.46. The SMILES string of the molecule is CCOC(=O)c1cccc(NC(=O)CN2C(=O)COc3ccc(C(=O)N4CCCC4)cc32)c1. The summed E-state index contributed by atoms with van der Waals surface area (Å²) in [6.45, 7) is 2.92. The van der Waals surface area contributed by atoms with Gasteiger partial charge in [0.25, 0.3) is 11.8 Å². The van der Waals surface area contributed by atoms with Crippen LogP contribution in [0.2, 0.25) is 0 Å². The number of anilines is 2. The number of rotatable bonds is 6. The van der Waals surface area contributed by atoms with E-state index in [-0.39, 0.29) is 31.6 Å². The molecule has 0 unspecified atom stereocenters. The van der Waals surface area contributed by atoms with Crippen LogP contribution in [0.15, 0.2) is 42.5 Å². The summed E-state index contributed by atoms with van der Waals surface area (Å²) in [5.74, 6) is -0.989. The molecule has 1 fully saturated rings. The zero-order valence-corrected chi connectivity index (χ0v) is 18.3. The summed E-state index contributed by atoms with van der Waals surface area (Å²) in [5.41, 5.74) is 1.55. The average Bonchev–Trinajstić information content (AvgIpc) is 3.35. The normalized spacial score (nSPS) is 15.0. The number of benzene rings is 2. The second-order valence-corrected chi connectivity index (χ2v) is 7.80. The van der Waals surface area contributed by atoms with Crippen molar-refractivity contribution < 1.29 is 28.7 Å². The van der Waals surface area contributed by atoms with Gasteiger partial charge in [0.05, 0.1) is 17.9 Å². The van der Waals surface area contributed by atoms with Gasteiger partial charge in [0.2, 0.25) is 5.91 Å². The van der Waals surface area contributed by atoms with Crippen LogP contribution in [0, 0.1) is 0 Å². The van der Waals surface area contributed by atoms with Crippen LogP contribution in [-0.2, 0) is 14.3 Å². The van der Waals surface area contributed by atoms with E-state index in [1.165, 1.54) is 11.0 Å². The Morgan fingerprint density at radius 3 is 2.61 bits per heavy atom. The summed E-state index contributed by atoms with van der Waals surface area (Å²) < 4.78 is 10.5. The molecule has 33 heavy (non-hydrogen) atoms. The van der Waals surface area contributed by atoms with Crippen molar-refractivity contribution in [3.8, 4) is 5.75 Å². The van der Waals surface area contributed by atoms with Gasteiger partial charge in [-0.05, 0) is 56.2 Å². The molecule has 0 atom stereocenters. The molecule has 2 aliphatic rings. The van der Waals surface area contributed by atoms with E-state index in [0.717, 1.165) is 12.8 Å². The van der Waals surface area contributed by atoms with Crippen LogP contribution in [0.5, 0.6) is 5.75 Å². The fourth-order valence-corrected chi connectivity index (χ4v) is 3.89. The number of ether oxygens (including phenoxy) is 2. The third-order valence-corrected chi connectivity index (χ3v) is 5.50. The minimum Gasteiger partial charge on any atom is -0.482 e. The van der Waals surface area contributed by atoms with Crippen molar-refractivity contribution in [3.05, 3.63) is 53.6 Å². The van der Waals surface area contributed by atoms with Gasteiger partial charge in [-0.25, -0.2) is 4.79 Å². The Morgan fingerprint density at radius 2 is 1.85 bits per heavy atom. The molecule has 1 N–H and O–H groups in total. The molecule has 9 nitrogen and oxygen atoms in total. The highest BCUT2D eigenvalue weighted by atomic mass is 16.5. The first-order valence-electron chi connectivity index (χ1n) is 10.9. The van der Waals surface area contributed by atoms with Crippen LogP contribution >= 0.6 is 0 Å². The van der Waals surface area contributed by atoms with E-state index >= 15 is 0 Å². The summed E-state index contributed by atoms with van der Waals surface area (Å²) >= 11 is 0. The third kappa shape index (κ3) is 4.97. The Labute approximate surface area is 191 Å². The van der Waals surface area contributed by atoms with Crippen LogP contribution in [-0.4, -0.2) is 61.4 Å². The van der Waals surface area contributed by atoms with Crippen molar-refractivity contribution in [2.24, 2.45) is 0 Å². The summed E-state index contributed by atoms with van der Waals surface area (Å²) in [5, 5.41) is 2.70. The quantitative estimate of drug-likeness (QED) is 0.677. The highest BCUT2D eigenvalue weighted by molar-refractivity contribution is 6.06. The second kappa shape index (κ2) is 9.72. The van der Waals surface area contributed by atoms with Gasteiger partial charge in [-0.1, -0.05) is 6.07 Å². The number of nitrogens with one attached hydrogen (secondary N) is 1. The summed E-state index contributed by atoms with van der Waals surface area (Å²) in [6, 6.07) is 11.3. The Bertz CT molecular complexity index is 1090. The molecule has 9 heteroatoms. The average molecular weight is 451 g/mol. The second-order valence-electron chi connectivity index (χ2n) is 7.80. The number of carbonyl (C=O) groups is 4. The van der Waals surface area contributed by atoms with E-state index in [1.807, 2.05) is 0 Å². The fourth-order valence-electron chi connectivity index (χ4n) is 3.89. The Hall–Kier alpha value is -3.88. The van der Waals surface area contributed by atoms with Gasteiger partial charge in [0, 0.05) is 24.3 Å². The fraction of sp³-hybridized carbons (Fsp3) is 0.333. The van der Waals surface area contributed by atoms with E-state index < -0.39 is 11.9 Å². The maximum absolute atomic E-state index is 12.8. The number of hydrogen-bond acceptors (Lipinski definition) is 6. The van der Waals surface area contributed by atoms with Crippen molar-refractivity contribution in [1.82, 2.24) is 4.90 Å². The maximum Gasteiger partial charge on any atom is 0.338 e. The Morgan fingerprint density at radius 1 is 1.06 bits per heavy atom. The molecule has 0 aromatic heterocycles. The highest BCUT2D eigenvalue weighted by Gasteiger charge is 2.29. The zero-order valence-electron chi connectivity index (χ0n) is 18.3. The lowest BCUT2D eigenvalue weighted by Gasteiger charge is -2.29. The van der Waals surface area contributed by atoms with Crippen LogP contribution in [0.25, 0.3) is 0 Å². The lowest BCUT2D eigenvalue weighted by Crippen LogP contribution is -2.43. The van der Waals surface area contributed by atoms with Gasteiger partial charge in [0.15, 0.2) is 6.61 Å². The molecule has 2 heterocycles. The van der Waals surface area contributed by atoms with Crippen LogP contribution in [0.4, 0.5) is 11.4 Å². The number of nitrogens with zero attached hydrogens (tertiary/aromatic N) is 2. The molecule has 3 amide bonds. The topological polar surface area (TPSA) is 105 Å². The number of amides is 3. The number of likely N-dealkylation sites (tertiary alicyclic amines) is 1. The molecule has 0 aliphatic carbocycles. The molecular weight excluding hydrogens is 426 g/mol. The third-order valence-electron chi connectivity index (χ3n) is 5.50. The molecule has 2 aromatic carbocycles. The Kier molecular flexibility index (Phi) is 6.58. The molecule has 4 rings (SSSR count). The van der Waals surface area contributed by atoms with Crippen LogP contribution < -0.4 is 15.0 Å². The minimum atomic E-state index is -0.485. The predicted molar refractivity (Wildman–Crippen MR) is 120 cm³/mol. The standard InChI is InChI=1S/C24H25N3O6/c1-2-32-24(31)17-6-5-7-18(12-17)25-21(28)14-27-19-13-16(23(30)26-10-3-4-11-26)8-9-20(19)33-15-22(27)29/h5-9,12-13H,2-4,10-11,14-15H2,1H3,(H,25,28). The first-order chi connectivity index (χ1) is 16.0. The van der Waals surface area contributed by atoms with E-state index in [9.17, 15) is 19.2 Å². The Balaban J connectivity index is 1.50. The van der Waals surface area contributed by atoms with E-state index in [2.05, 4.69) is 5.32 Å². The van der Waals surface area contributed by atoms with Crippen molar-refractivity contribution in [3.63, 3.8) is 0 Å². The van der Waals surface area contributed by atoms with Crippen LogP contribution in [0.3, 0.4) is 0 Å². The molecule has 0 bridgehead atoms. The summed E-state index contributed by atoms with van der Waals surface area (Å²) in [7, 11) is 0. The number of hydrogen-bond donors (Lipinski definition) is 1. The molecule has 1 saturated heterocycles. The first kappa shape index (κ1) is 22.3. The molecule has 172 valence electrons. The van der Waals surface area contributed by atoms with E-state index in [1.54, 1.807) is 48.2 Å². The van der Waals surface area contributed by atoms with Gasteiger partial charge in [0.1, 0.15) is 12.3 Å².